The largest absolute Gasteiger partial charge is 0.374 e. The molecule has 1 aromatic carbocycles. The number of ether oxygens (including phenoxy) is 1. The average Bonchev–Trinajstić information content (AvgIpc) is 2.95. The van der Waals surface area contributed by atoms with Crippen LogP contribution in [0.3, 0.4) is 0 Å². The van der Waals surface area contributed by atoms with Crippen molar-refractivity contribution in [2.45, 2.75) is 43.6 Å². The Bertz CT molecular complexity index is 364. The van der Waals surface area contributed by atoms with Gasteiger partial charge in [0.05, 0.1) is 12.7 Å². The Hall–Kier alpha value is -0.470. The molecule has 0 radical (unpaired) electrons. The van der Waals surface area contributed by atoms with Gasteiger partial charge >= 0.3 is 0 Å². The molecule has 0 aromatic heterocycles. The van der Waals surface area contributed by atoms with Crippen LogP contribution in [0.4, 0.5) is 0 Å². The third kappa shape index (κ3) is 2.75. The number of hydrogen-bond donors (Lipinski definition) is 0. The predicted molar refractivity (Wildman–Crippen MR) is 77.8 cm³/mol. The number of fused-ring (bicyclic) bond motifs is 1. The van der Waals surface area contributed by atoms with E-state index in [9.17, 15) is 0 Å². The smallest absolute Gasteiger partial charge is 0.0720 e. The van der Waals surface area contributed by atoms with Crippen molar-refractivity contribution in [3.8, 4) is 0 Å². The van der Waals surface area contributed by atoms with Gasteiger partial charge in [-0.2, -0.15) is 11.8 Å². The highest BCUT2D eigenvalue weighted by atomic mass is 32.2. The molecule has 0 amide bonds. The minimum absolute atomic E-state index is 0.517. The highest BCUT2D eigenvalue weighted by molar-refractivity contribution is 7.99. The molecule has 3 rings (SSSR count). The number of benzene rings is 1. The second kappa shape index (κ2) is 5.66. The monoisotopic (exact) mass is 262 g/mol. The second-order valence-electron chi connectivity index (χ2n) is 5.74. The van der Waals surface area contributed by atoms with Crippen molar-refractivity contribution in [2.75, 3.05) is 6.26 Å². The molecule has 4 atom stereocenters. The summed E-state index contributed by atoms with van der Waals surface area (Å²) in [5, 5.41) is 0.926. The Balaban J connectivity index is 1.47. The van der Waals surface area contributed by atoms with Gasteiger partial charge < -0.3 is 4.74 Å². The molecular formula is C16H22OS. The van der Waals surface area contributed by atoms with Gasteiger partial charge in [-0.25, -0.2) is 0 Å². The van der Waals surface area contributed by atoms with Gasteiger partial charge in [0.2, 0.25) is 0 Å². The topological polar surface area (TPSA) is 9.23 Å². The molecule has 0 spiro atoms. The van der Waals surface area contributed by atoms with Crippen molar-refractivity contribution in [1.29, 1.82) is 0 Å². The van der Waals surface area contributed by atoms with E-state index in [1.54, 1.807) is 0 Å². The maximum Gasteiger partial charge on any atom is 0.0720 e. The van der Waals surface area contributed by atoms with Crippen LogP contribution < -0.4 is 0 Å². The van der Waals surface area contributed by atoms with Gasteiger partial charge in [-0.15, -0.1) is 0 Å². The van der Waals surface area contributed by atoms with Gasteiger partial charge in [0.1, 0.15) is 0 Å². The number of hydrogen-bond acceptors (Lipinski definition) is 2. The van der Waals surface area contributed by atoms with Crippen molar-refractivity contribution in [2.24, 2.45) is 11.8 Å². The summed E-state index contributed by atoms with van der Waals surface area (Å²) in [6.45, 7) is 0.789. The molecule has 0 aliphatic heterocycles. The van der Waals surface area contributed by atoms with Crippen LogP contribution in [0, 0.1) is 11.8 Å². The lowest BCUT2D eigenvalue weighted by atomic mass is 10.0. The van der Waals surface area contributed by atoms with Crippen LogP contribution in [-0.4, -0.2) is 17.6 Å². The van der Waals surface area contributed by atoms with Gasteiger partial charge in [-0.1, -0.05) is 30.3 Å². The van der Waals surface area contributed by atoms with Crippen LogP contribution in [0.15, 0.2) is 30.3 Å². The highest BCUT2D eigenvalue weighted by Gasteiger charge is 2.41. The molecule has 2 saturated carbocycles. The summed E-state index contributed by atoms with van der Waals surface area (Å²) in [6.07, 6.45) is 8.23. The first-order valence-electron chi connectivity index (χ1n) is 7.03. The van der Waals surface area contributed by atoms with Crippen LogP contribution >= 0.6 is 11.8 Å². The molecule has 1 aromatic rings. The Morgan fingerprint density at radius 3 is 2.33 bits per heavy atom. The lowest BCUT2D eigenvalue weighted by molar-refractivity contribution is 0.0401. The summed E-state index contributed by atoms with van der Waals surface area (Å²) >= 11 is 2.06. The fourth-order valence-electron chi connectivity index (χ4n) is 3.62. The average molecular weight is 262 g/mol. The van der Waals surface area contributed by atoms with E-state index < -0.39 is 0 Å². The minimum Gasteiger partial charge on any atom is -0.374 e. The van der Waals surface area contributed by atoms with E-state index in [4.69, 9.17) is 4.74 Å². The SMILES string of the molecule is CSC1C[C@H]2CC(OCc3ccccc3)C[C@H]2C1. The third-order valence-corrected chi connectivity index (χ3v) is 5.64. The zero-order valence-corrected chi connectivity index (χ0v) is 11.9. The van der Waals surface area contributed by atoms with E-state index >= 15 is 0 Å². The van der Waals surface area contributed by atoms with Crippen molar-refractivity contribution in [1.82, 2.24) is 0 Å². The normalized spacial score (nSPS) is 34.7. The maximum absolute atomic E-state index is 6.09. The van der Waals surface area contributed by atoms with Crippen molar-refractivity contribution < 1.29 is 4.74 Å². The number of thioether (sulfide) groups is 1. The standard InChI is InChI=1S/C16H22OS/c1-18-16-9-13-7-15(8-14(13)10-16)17-11-12-5-3-2-4-6-12/h2-6,13-16H,7-11H2,1H3/t13-,14+,15?,16?. The molecule has 2 fully saturated rings. The number of rotatable bonds is 4. The zero-order chi connectivity index (χ0) is 12.4. The lowest BCUT2D eigenvalue weighted by Crippen LogP contribution is -2.11. The first-order chi connectivity index (χ1) is 8.85. The molecule has 2 aliphatic rings. The molecule has 18 heavy (non-hydrogen) atoms. The molecule has 0 N–H and O–H groups in total. The Morgan fingerprint density at radius 2 is 1.72 bits per heavy atom. The van der Waals surface area contributed by atoms with E-state index in [1.165, 1.54) is 31.2 Å². The van der Waals surface area contributed by atoms with Crippen LogP contribution in [0.2, 0.25) is 0 Å². The van der Waals surface area contributed by atoms with Crippen LogP contribution in [0.25, 0.3) is 0 Å². The van der Waals surface area contributed by atoms with Gasteiger partial charge in [0.25, 0.3) is 0 Å². The maximum atomic E-state index is 6.09. The second-order valence-corrected chi connectivity index (χ2v) is 6.88. The first kappa shape index (κ1) is 12.6. The Labute approximate surface area is 114 Å². The molecule has 2 heteroatoms. The molecule has 0 heterocycles. The summed E-state index contributed by atoms with van der Waals surface area (Å²) in [6, 6.07) is 10.5. The van der Waals surface area contributed by atoms with Gasteiger partial charge in [-0.3, -0.25) is 0 Å². The minimum atomic E-state index is 0.517. The highest BCUT2D eigenvalue weighted by Crippen LogP contribution is 2.48. The van der Waals surface area contributed by atoms with Crippen LogP contribution in [0.5, 0.6) is 0 Å². The summed E-state index contributed by atoms with van der Waals surface area (Å²) in [4.78, 5) is 0. The van der Waals surface area contributed by atoms with Gasteiger partial charge in [0, 0.05) is 5.25 Å². The molecular weight excluding hydrogens is 240 g/mol. The van der Waals surface area contributed by atoms with Crippen LogP contribution in [0.1, 0.15) is 31.2 Å². The fourth-order valence-corrected chi connectivity index (χ4v) is 4.50. The molecule has 2 aliphatic carbocycles. The van der Waals surface area contributed by atoms with Crippen molar-refractivity contribution >= 4 is 11.8 Å². The lowest BCUT2D eigenvalue weighted by Gasteiger charge is -2.14. The van der Waals surface area contributed by atoms with E-state index in [0.717, 1.165) is 23.7 Å². The first-order valence-corrected chi connectivity index (χ1v) is 8.32. The predicted octanol–water partition coefficient (Wildman–Crippen LogP) is 4.12. The molecule has 2 unspecified atom stereocenters. The third-order valence-electron chi connectivity index (χ3n) is 4.59. The zero-order valence-electron chi connectivity index (χ0n) is 11.0. The summed E-state index contributed by atoms with van der Waals surface area (Å²) in [7, 11) is 0. The Morgan fingerprint density at radius 1 is 1.06 bits per heavy atom. The Kier molecular flexibility index (Phi) is 3.95. The summed E-state index contributed by atoms with van der Waals surface area (Å²) in [5.74, 6) is 1.89. The summed E-state index contributed by atoms with van der Waals surface area (Å²) in [5.41, 5.74) is 1.30. The van der Waals surface area contributed by atoms with Crippen molar-refractivity contribution in [3.63, 3.8) is 0 Å². The summed E-state index contributed by atoms with van der Waals surface area (Å²) < 4.78 is 6.09. The van der Waals surface area contributed by atoms with Gasteiger partial charge in [0.15, 0.2) is 0 Å². The van der Waals surface area contributed by atoms with E-state index in [-0.39, 0.29) is 0 Å². The van der Waals surface area contributed by atoms with Gasteiger partial charge in [-0.05, 0) is 49.3 Å². The molecule has 0 saturated heterocycles. The molecule has 98 valence electrons. The molecule has 1 nitrogen and oxygen atoms in total. The fraction of sp³-hybridized carbons (Fsp3) is 0.625. The quantitative estimate of drug-likeness (QED) is 0.807. The molecule has 0 bridgehead atoms. The van der Waals surface area contributed by atoms with E-state index in [0.29, 0.717) is 6.10 Å². The van der Waals surface area contributed by atoms with Crippen LogP contribution in [-0.2, 0) is 11.3 Å². The van der Waals surface area contributed by atoms with E-state index in [1.807, 2.05) is 0 Å². The van der Waals surface area contributed by atoms with E-state index in [2.05, 4.69) is 48.3 Å². The van der Waals surface area contributed by atoms with Crippen molar-refractivity contribution in [3.05, 3.63) is 35.9 Å².